The van der Waals surface area contributed by atoms with Crippen molar-refractivity contribution in [3.8, 4) is 22.3 Å². The summed E-state index contributed by atoms with van der Waals surface area (Å²) in [4.78, 5) is 21.0. The first-order chi connectivity index (χ1) is 16.2. The third kappa shape index (κ3) is 5.80. The molecule has 0 radical (unpaired) electrons. The Morgan fingerprint density at radius 2 is 0.971 bits per heavy atom. The number of nitro benzene ring substituents is 2. The van der Waals surface area contributed by atoms with E-state index in [-0.39, 0.29) is 24.2 Å². The summed E-state index contributed by atoms with van der Waals surface area (Å²) in [5.74, 6) is 0. The summed E-state index contributed by atoms with van der Waals surface area (Å²) >= 11 is 0. The van der Waals surface area contributed by atoms with Crippen molar-refractivity contribution in [1.82, 2.24) is 0 Å². The Bertz CT molecular complexity index is 1070. The summed E-state index contributed by atoms with van der Waals surface area (Å²) in [6.07, 6.45) is -1.97. The summed E-state index contributed by atoms with van der Waals surface area (Å²) in [6.45, 7) is -0.949. The zero-order valence-electron chi connectivity index (χ0n) is 18.1. The second-order valence-electron chi connectivity index (χ2n) is 7.86. The predicted octanol–water partition coefficient (Wildman–Crippen LogP) is 2.63. The van der Waals surface area contributed by atoms with Gasteiger partial charge in [-0.05, 0) is 57.6 Å². The van der Waals surface area contributed by atoms with Crippen molar-refractivity contribution in [2.24, 2.45) is 0 Å². The van der Waals surface area contributed by atoms with Crippen LogP contribution < -0.4 is 0 Å². The molecule has 0 spiro atoms. The summed E-state index contributed by atoms with van der Waals surface area (Å²) in [6, 6.07) is 15.2. The number of non-ortho nitro benzene ring substituents is 2. The molecular weight excluding hydrogens is 444 g/mol. The maximum atomic E-state index is 11.0. The van der Waals surface area contributed by atoms with Crippen molar-refractivity contribution in [2.45, 2.75) is 25.0 Å². The molecule has 0 saturated carbocycles. The highest BCUT2D eigenvalue weighted by atomic mass is 16.6. The Hall–Kier alpha value is -3.70. The van der Waals surface area contributed by atoms with Crippen LogP contribution in [0.15, 0.2) is 60.7 Å². The lowest BCUT2D eigenvalue weighted by molar-refractivity contribution is -0.385. The van der Waals surface area contributed by atoms with Gasteiger partial charge in [0.05, 0.1) is 35.3 Å². The molecule has 0 bridgehead atoms. The van der Waals surface area contributed by atoms with E-state index in [1.807, 2.05) is 0 Å². The maximum absolute atomic E-state index is 11.0. The van der Waals surface area contributed by atoms with Gasteiger partial charge in [0, 0.05) is 37.1 Å². The van der Waals surface area contributed by atoms with Crippen LogP contribution in [0.2, 0.25) is 0 Å². The molecule has 0 aliphatic carbocycles. The number of hydrogen-bond donors (Lipinski definition) is 4. The molecule has 3 rings (SSSR count). The van der Waals surface area contributed by atoms with E-state index in [1.54, 1.807) is 36.4 Å². The minimum Gasteiger partial charge on any atom is -0.394 e. The molecule has 0 aliphatic heterocycles. The van der Waals surface area contributed by atoms with Gasteiger partial charge in [-0.15, -0.1) is 0 Å². The Morgan fingerprint density at radius 1 is 0.647 bits per heavy atom. The fourth-order valence-electron chi connectivity index (χ4n) is 3.73. The summed E-state index contributed by atoms with van der Waals surface area (Å²) in [5.41, 5.74) is 3.61. The van der Waals surface area contributed by atoms with Gasteiger partial charge >= 0.3 is 0 Å². The number of hydrogen-bond acceptors (Lipinski definition) is 8. The average molecular weight is 468 g/mol. The number of nitro groups is 2. The van der Waals surface area contributed by atoms with E-state index in [2.05, 4.69) is 0 Å². The van der Waals surface area contributed by atoms with Crippen LogP contribution in [0.1, 0.15) is 11.1 Å². The average Bonchev–Trinajstić information content (AvgIpc) is 2.84. The molecule has 0 unspecified atom stereocenters. The van der Waals surface area contributed by atoms with E-state index in [0.717, 1.165) is 0 Å². The largest absolute Gasteiger partial charge is 0.394 e. The summed E-state index contributed by atoms with van der Waals surface area (Å²) < 4.78 is 0. The van der Waals surface area contributed by atoms with E-state index in [9.17, 15) is 40.7 Å². The van der Waals surface area contributed by atoms with E-state index < -0.39 is 35.3 Å². The maximum Gasteiger partial charge on any atom is 0.269 e. The first-order valence-electron chi connectivity index (χ1n) is 10.5. The lowest BCUT2D eigenvalue weighted by Gasteiger charge is -2.20. The van der Waals surface area contributed by atoms with E-state index in [4.69, 9.17) is 0 Å². The third-order valence-corrected chi connectivity index (χ3v) is 5.44. The quantitative estimate of drug-likeness (QED) is 0.260. The Morgan fingerprint density at radius 3 is 1.24 bits per heavy atom. The fourth-order valence-corrected chi connectivity index (χ4v) is 3.73. The smallest absolute Gasteiger partial charge is 0.269 e. The molecule has 0 amide bonds. The van der Waals surface area contributed by atoms with Gasteiger partial charge in [-0.3, -0.25) is 20.2 Å². The zero-order valence-corrected chi connectivity index (χ0v) is 18.1. The van der Waals surface area contributed by atoms with E-state index in [1.165, 1.54) is 24.3 Å². The highest BCUT2D eigenvalue weighted by Gasteiger charge is 2.19. The minimum atomic E-state index is -1.06. The van der Waals surface area contributed by atoms with Crippen molar-refractivity contribution < 1.29 is 30.3 Å². The molecule has 4 N–H and O–H groups in total. The molecule has 0 heterocycles. The highest BCUT2D eigenvalue weighted by molar-refractivity contribution is 5.77. The van der Waals surface area contributed by atoms with Crippen LogP contribution in [0.5, 0.6) is 0 Å². The van der Waals surface area contributed by atoms with Gasteiger partial charge in [0.1, 0.15) is 0 Å². The number of aliphatic hydroxyl groups excluding tert-OH is 4. The van der Waals surface area contributed by atoms with Crippen LogP contribution in [0.25, 0.3) is 22.3 Å². The van der Waals surface area contributed by atoms with Crippen LogP contribution in [0.4, 0.5) is 11.4 Å². The molecule has 0 fully saturated rings. The van der Waals surface area contributed by atoms with Gasteiger partial charge in [-0.25, -0.2) is 0 Å². The van der Waals surface area contributed by atoms with Crippen LogP contribution in [-0.2, 0) is 12.8 Å². The molecule has 3 aromatic carbocycles. The van der Waals surface area contributed by atoms with E-state index >= 15 is 0 Å². The molecule has 34 heavy (non-hydrogen) atoms. The van der Waals surface area contributed by atoms with Crippen LogP contribution in [-0.4, -0.2) is 55.7 Å². The molecular formula is C24H24N2O8. The number of rotatable bonds is 10. The summed E-state index contributed by atoms with van der Waals surface area (Å²) in [7, 11) is 0. The number of aliphatic hydroxyl groups is 4. The third-order valence-electron chi connectivity index (χ3n) is 5.44. The van der Waals surface area contributed by atoms with Crippen LogP contribution >= 0.6 is 0 Å². The van der Waals surface area contributed by atoms with Crippen LogP contribution in [0, 0.1) is 20.2 Å². The van der Waals surface area contributed by atoms with Gasteiger partial charge in [0.25, 0.3) is 11.4 Å². The van der Waals surface area contributed by atoms with Crippen molar-refractivity contribution in [3.05, 3.63) is 92.0 Å². The molecule has 10 heteroatoms. The highest BCUT2D eigenvalue weighted by Crippen LogP contribution is 2.35. The topological polar surface area (TPSA) is 167 Å². The van der Waals surface area contributed by atoms with Crippen molar-refractivity contribution in [1.29, 1.82) is 0 Å². The van der Waals surface area contributed by atoms with Gasteiger partial charge in [0.15, 0.2) is 0 Å². The second kappa shape index (κ2) is 10.9. The van der Waals surface area contributed by atoms with Gasteiger partial charge < -0.3 is 20.4 Å². The summed E-state index contributed by atoms with van der Waals surface area (Å²) in [5, 5.41) is 61.1. The molecule has 3 aromatic rings. The predicted molar refractivity (Wildman–Crippen MR) is 124 cm³/mol. The number of benzene rings is 3. The first kappa shape index (κ1) is 24.9. The van der Waals surface area contributed by atoms with Gasteiger partial charge in [-0.1, -0.05) is 12.1 Å². The van der Waals surface area contributed by atoms with Crippen molar-refractivity contribution >= 4 is 11.4 Å². The lowest BCUT2D eigenvalue weighted by atomic mass is 9.87. The molecule has 10 nitrogen and oxygen atoms in total. The Kier molecular flexibility index (Phi) is 8.03. The molecule has 0 aliphatic rings. The standard InChI is InChI=1S/C24H24N2O8/c27-13-21(29)9-17-12-24(16-3-7-20(8-4-16)26(33)34)18(10-22(30)14-28)11-23(17)15-1-5-19(6-2-15)25(31)32/h1-8,11-12,21-22,27-30H,9-10,13-14H2/t21-,22-/m0/s1. The van der Waals surface area contributed by atoms with Gasteiger partial charge in [0.2, 0.25) is 0 Å². The van der Waals surface area contributed by atoms with Crippen molar-refractivity contribution in [2.75, 3.05) is 13.2 Å². The Labute approximate surface area is 194 Å². The molecule has 2 atom stereocenters. The SMILES string of the molecule is O=[N+]([O-])c1ccc(-c2cc(C[C@H](O)CO)c(-c3ccc([N+](=O)[O-])cc3)cc2C[C@H](O)CO)cc1. The Balaban J connectivity index is 2.20. The number of nitrogens with zero attached hydrogens (tertiary/aromatic N) is 2. The lowest BCUT2D eigenvalue weighted by Crippen LogP contribution is -2.18. The molecule has 178 valence electrons. The second-order valence-corrected chi connectivity index (χ2v) is 7.86. The molecule has 0 saturated heterocycles. The van der Waals surface area contributed by atoms with Crippen molar-refractivity contribution in [3.63, 3.8) is 0 Å². The monoisotopic (exact) mass is 468 g/mol. The van der Waals surface area contributed by atoms with E-state index in [0.29, 0.717) is 33.4 Å². The van der Waals surface area contributed by atoms with Crippen LogP contribution in [0.3, 0.4) is 0 Å². The zero-order chi connectivity index (χ0) is 24.8. The fraction of sp³-hybridized carbons (Fsp3) is 0.250. The van der Waals surface area contributed by atoms with Gasteiger partial charge in [-0.2, -0.15) is 0 Å². The minimum absolute atomic E-state index is 0.0750. The molecule has 0 aromatic heterocycles. The first-order valence-corrected chi connectivity index (χ1v) is 10.5. The normalized spacial score (nSPS) is 12.8.